The maximum absolute atomic E-state index is 5.65. The van der Waals surface area contributed by atoms with Crippen molar-refractivity contribution in [3.05, 3.63) is 64.5 Å². The molecule has 0 unspecified atom stereocenters. The number of hydrogen-bond acceptors (Lipinski definition) is 5. The topological polar surface area (TPSA) is 43.4 Å². The first-order valence-corrected chi connectivity index (χ1v) is 8.42. The highest BCUT2D eigenvalue weighted by molar-refractivity contribution is 7.71. The van der Waals surface area contributed by atoms with Crippen molar-refractivity contribution in [3.8, 4) is 17.2 Å². The van der Waals surface area contributed by atoms with Crippen LogP contribution in [0, 0.1) is 11.8 Å². The molecule has 0 radical (unpaired) electrons. The quantitative estimate of drug-likeness (QED) is 0.618. The van der Waals surface area contributed by atoms with Crippen LogP contribution in [-0.4, -0.2) is 28.8 Å². The van der Waals surface area contributed by atoms with Crippen molar-refractivity contribution >= 4 is 12.2 Å². The molecule has 2 aromatic carbocycles. The first kappa shape index (κ1) is 17.4. The van der Waals surface area contributed by atoms with Gasteiger partial charge in [-0.2, -0.15) is 0 Å². The Hall–Kier alpha value is -2.44. The lowest BCUT2D eigenvalue weighted by atomic mass is 10.1. The molecule has 0 aliphatic rings. The molecule has 6 heteroatoms. The molecule has 0 saturated carbocycles. The molecule has 3 aromatic rings. The minimum Gasteiger partial charge on any atom is -0.497 e. The van der Waals surface area contributed by atoms with Crippen LogP contribution in [0.15, 0.2) is 52.9 Å². The van der Waals surface area contributed by atoms with Gasteiger partial charge in [0.2, 0.25) is 5.89 Å². The van der Waals surface area contributed by atoms with Crippen LogP contribution in [0.1, 0.15) is 11.1 Å². The van der Waals surface area contributed by atoms with E-state index in [2.05, 4.69) is 22.1 Å². The zero-order valence-electron chi connectivity index (χ0n) is 14.6. The molecule has 0 saturated heterocycles. The Morgan fingerprint density at radius 1 is 1.12 bits per heavy atom. The lowest BCUT2D eigenvalue weighted by molar-refractivity contribution is 0.240. The summed E-state index contributed by atoms with van der Waals surface area (Å²) in [6.07, 6.45) is 0. The van der Waals surface area contributed by atoms with Gasteiger partial charge in [0, 0.05) is 12.1 Å². The second-order valence-electron chi connectivity index (χ2n) is 6.04. The smallest absolute Gasteiger partial charge is 0.288 e. The van der Waals surface area contributed by atoms with Gasteiger partial charge >= 0.3 is 0 Å². The normalized spacial score (nSPS) is 11.0. The molecule has 0 atom stereocenters. The van der Waals surface area contributed by atoms with E-state index in [1.165, 1.54) is 11.1 Å². The number of methoxy groups -OCH3 is 1. The van der Waals surface area contributed by atoms with E-state index in [1.807, 2.05) is 50.4 Å². The zero-order chi connectivity index (χ0) is 17.8. The summed E-state index contributed by atoms with van der Waals surface area (Å²) in [4.78, 5) is 2.50. The van der Waals surface area contributed by atoms with Gasteiger partial charge in [-0.15, -0.1) is 5.10 Å². The molecule has 0 bridgehead atoms. The predicted octanol–water partition coefficient (Wildman–Crippen LogP) is 4.28. The number of nitrogens with zero attached hydrogens (tertiary/aromatic N) is 3. The molecular weight excluding hydrogens is 334 g/mol. The van der Waals surface area contributed by atoms with Crippen LogP contribution in [0.2, 0.25) is 0 Å². The van der Waals surface area contributed by atoms with E-state index in [1.54, 1.807) is 11.8 Å². The Morgan fingerprint density at radius 3 is 2.44 bits per heavy atom. The van der Waals surface area contributed by atoms with Crippen LogP contribution in [0.5, 0.6) is 5.75 Å². The molecule has 0 aliphatic heterocycles. The molecule has 1 aromatic heterocycles. The van der Waals surface area contributed by atoms with Crippen LogP contribution in [0.4, 0.5) is 0 Å². The summed E-state index contributed by atoms with van der Waals surface area (Å²) in [5.41, 5.74) is 3.31. The van der Waals surface area contributed by atoms with E-state index in [9.17, 15) is 0 Å². The average Bonchev–Trinajstić information content (AvgIpc) is 2.96. The van der Waals surface area contributed by atoms with Crippen LogP contribution in [0.25, 0.3) is 11.5 Å². The number of aryl methyl sites for hydroxylation is 1. The highest BCUT2D eigenvalue weighted by atomic mass is 32.1. The SMILES string of the molecule is COc1ccc(CN(C)Cn2nc(-c3ccc(C)cc3)oc2=S)cc1. The molecule has 25 heavy (non-hydrogen) atoms. The first-order valence-electron chi connectivity index (χ1n) is 8.01. The van der Waals surface area contributed by atoms with E-state index < -0.39 is 0 Å². The number of rotatable bonds is 6. The minimum absolute atomic E-state index is 0.372. The molecule has 0 aliphatic carbocycles. The third kappa shape index (κ3) is 4.35. The van der Waals surface area contributed by atoms with Gasteiger partial charge in [0.05, 0.1) is 13.8 Å². The molecule has 0 amide bonds. The maximum Gasteiger partial charge on any atom is 0.288 e. The monoisotopic (exact) mass is 355 g/mol. The summed E-state index contributed by atoms with van der Waals surface area (Å²) in [6.45, 7) is 3.38. The molecule has 130 valence electrons. The van der Waals surface area contributed by atoms with Crippen molar-refractivity contribution in [3.63, 3.8) is 0 Å². The molecule has 1 heterocycles. The van der Waals surface area contributed by atoms with E-state index in [-0.39, 0.29) is 0 Å². The molecule has 5 nitrogen and oxygen atoms in total. The zero-order valence-corrected chi connectivity index (χ0v) is 15.4. The number of aromatic nitrogens is 2. The summed E-state index contributed by atoms with van der Waals surface area (Å²) in [7, 11) is 3.69. The van der Waals surface area contributed by atoms with Crippen LogP contribution < -0.4 is 4.74 Å². The van der Waals surface area contributed by atoms with Crippen LogP contribution in [-0.2, 0) is 13.2 Å². The third-order valence-corrected chi connectivity index (χ3v) is 4.19. The predicted molar refractivity (Wildman–Crippen MR) is 100.0 cm³/mol. The number of ether oxygens (including phenoxy) is 1. The standard InChI is InChI=1S/C19H21N3O2S/c1-14-4-8-16(9-5-14)18-20-22(19(25)24-18)13-21(2)12-15-6-10-17(23-3)11-7-15/h4-11H,12-13H2,1-3H3. The molecule has 0 fully saturated rings. The van der Waals surface area contributed by atoms with E-state index in [0.29, 0.717) is 17.4 Å². The van der Waals surface area contributed by atoms with Gasteiger partial charge in [0.1, 0.15) is 5.75 Å². The van der Waals surface area contributed by atoms with Gasteiger partial charge in [-0.05, 0) is 56.0 Å². The number of hydrogen-bond donors (Lipinski definition) is 0. The molecule has 3 rings (SSSR count). The molecule has 0 N–H and O–H groups in total. The highest BCUT2D eigenvalue weighted by Crippen LogP contribution is 2.19. The summed E-state index contributed by atoms with van der Waals surface area (Å²) in [5, 5.41) is 4.50. The van der Waals surface area contributed by atoms with Crippen molar-refractivity contribution in [2.75, 3.05) is 14.2 Å². The second-order valence-corrected chi connectivity index (χ2v) is 6.39. The van der Waals surface area contributed by atoms with Gasteiger partial charge in [0.25, 0.3) is 4.84 Å². The fourth-order valence-electron chi connectivity index (χ4n) is 2.53. The van der Waals surface area contributed by atoms with Gasteiger partial charge in [-0.3, -0.25) is 4.90 Å². The largest absolute Gasteiger partial charge is 0.497 e. The molecule has 0 spiro atoms. The van der Waals surface area contributed by atoms with Crippen molar-refractivity contribution in [2.45, 2.75) is 20.1 Å². The van der Waals surface area contributed by atoms with Gasteiger partial charge < -0.3 is 9.15 Å². The Labute approximate surface area is 152 Å². The Bertz CT molecular complexity index is 882. The van der Waals surface area contributed by atoms with Crippen molar-refractivity contribution < 1.29 is 9.15 Å². The highest BCUT2D eigenvalue weighted by Gasteiger charge is 2.10. The Morgan fingerprint density at radius 2 is 1.80 bits per heavy atom. The van der Waals surface area contributed by atoms with Gasteiger partial charge in [0.15, 0.2) is 0 Å². The average molecular weight is 355 g/mol. The maximum atomic E-state index is 5.65. The fourth-order valence-corrected chi connectivity index (χ4v) is 2.71. The fraction of sp³-hybridized carbons (Fsp3) is 0.263. The molecular formula is C19H21N3O2S. The minimum atomic E-state index is 0.372. The van der Waals surface area contributed by atoms with Crippen molar-refractivity contribution in [1.29, 1.82) is 0 Å². The van der Waals surface area contributed by atoms with Gasteiger partial charge in [-0.1, -0.05) is 29.8 Å². The summed E-state index contributed by atoms with van der Waals surface area (Å²) in [6, 6.07) is 16.1. The van der Waals surface area contributed by atoms with E-state index in [4.69, 9.17) is 21.4 Å². The van der Waals surface area contributed by atoms with E-state index >= 15 is 0 Å². The Kier molecular flexibility index (Phi) is 5.31. The van der Waals surface area contributed by atoms with Crippen molar-refractivity contribution in [1.82, 2.24) is 14.7 Å². The second kappa shape index (κ2) is 7.63. The lowest BCUT2D eigenvalue weighted by Crippen LogP contribution is -2.22. The first-order chi connectivity index (χ1) is 12.0. The lowest BCUT2D eigenvalue weighted by Gasteiger charge is -2.16. The summed E-state index contributed by atoms with van der Waals surface area (Å²) in [5.74, 6) is 1.40. The Balaban J connectivity index is 1.69. The van der Waals surface area contributed by atoms with E-state index in [0.717, 1.165) is 17.9 Å². The summed E-state index contributed by atoms with van der Waals surface area (Å²) >= 11 is 5.31. The third-order valence-electron chi connectivity index (χ3n) is 3.89. The van der Waals surface area contributed by atoms with Crippen LogP contribution in [0.3, 0.4) is 0 Å². The number of benzene rings is 2. The van der Waals surface area contributed by atoms with Gasteiger partial charge in [-0.25, -0.2) is 4.68 Å². The van der Waals surface area contributed by atoms with Crippen LogP contribution >= 0.6 is 12.2 Å². The van der Waals surface area contributed by atoms with Crippen molar-refractivity contribution in [2.24, 2.45) is 0 Å². The summed E-state index contributed by atoms with van der Waals surface area (Å²) < 4.78 is 12.5.